The number of aromatic nitrogens is 2. The van der Waals surface area contributed by atoms with E-state index in [1.54, 1.807) is 24.3 Å². The van der Waals surface area contributed by atoms with Gasteiger partial charge in [-0.15, -0.1) is 0 Å². The second-order valence-electron chi connectivity index (χ2n) is 6.12. The van der Waals surface area contributed by atoms with Gasteiger partial charge in [-0.05, 0) is 24.1 Å². The van der Waals surface area contributed by atoms with Crippen LogP contribution in [0.2, 0.25) is 0 Å². The van der Waals surface area contributed by atoms with Crippen LogP contribution in [-0.4, -0.2) is 22.1 Å². The summed E-state index contributed by atoms with van der Waals surface area (Å²) in [5, 5.41) is 5.68. The van der Waals surface area contributed by atoms with Crippen LogP contribution in [0.3, 0.4) is 0 Å². The van der Waals surface area contributed by atoms with E-state index in [1.807, 2.05) is 24.7 Å². The summed E-state index contributed by atoms with van der Waals surface area (Å²) in [7, 11) is 0. The molecule has 6 heteroatoms. The van der Waals surface area contributed by atoms with Crippen molar-refractivity contribution in [2.75, 3.05) is 11.9 Å². The van der Waals surface area contributed by atoms with Gasteiger partial charge in [0.05, 0.1) is 30.8 Å². The van der Waals surface area contributed by atoms with Crippen LogP contribution in [0.1, 0.15) is 18.0 Å². The van der Waals surface area contributed by atoms with Crippen LogP contribution in [0.15, 0.2) is 61.1 Å². The van der Waals surface area contributed by atoms with E-state index >= 15 is 0 Å². The SMILES string of the molecule is [C-]#[N+]c1ccc(NC(=O)NCCC2c3ccccc3-c3cncn32)cc1. The van der Waals surface area contributed by atoms with E-state index in [2.05, 4.69) is 37.2 Å². The molecule has 0 saturated heterocycles. The second-order valence-corrected chi connectivity index (χ2v) is 6.12. The fraction of sp³-hybridized carbons (Fsp3) is 0.150. The molecule has 128 valence electrons. The number of hydrogen-bond donors (Lipinski definition) is 2. The Kier molecular flexibility index (Phi) is 4.12. The average Bonchev–Trinajstić information content (AvgIpc) is 3.25. The zero-order valence-electron chi connectivity index (χ0n) is 14.0. The van der Waals surface area contributed by atoms with Crippen LogP contribution in [0, 0.1) is 6.57 Å². The van der Waals surface area contributed by atoms with Gasteiger partial charge >= 0.3 is 6.03 Å². The van der Waals surface area contributed by atoms with Gasteiger partial charge < -0.3 is 15.2 Å². The number of amides is 2. The third-order valence-electron chi connectivity index (χ3n) is 4.56. The minimum absolute atomic E-state index is 0.182. The molecule has 0 saturated carbocycles. The summed E-state index contributed by atoms with van der Waals surface area (Å²) in [5.74, 6) is 0. The number of fused-ring (bicyclic) bond motifs is 3. The third kappa shape index (κ3) is 2.91. The average molecular weight is 343 g/mol. The molecule has 2 N–H and O–H groups in total. The van der Waals surface area contributed by atoms with Crippen LogP contribution in [0.5, 0.6) is 0 Å². The fourth-order valence-corrected chi connectivity index (χ4v) is 3.34. The highest BCUT2D eigenvalue weighted by Crippen LogP contribution is 2.40. The Labute approximate surface area is 151 Å². The first kappa shape index (κ1) is 15.9. The minimum atomic E-state index is -0.252. The molecule has 2 heterocycles. The van der Waals surface area contributed by atoms with Crippen molar-refractivity contribution in [2.24, 2.45) is 0 Å². The maximum absolute atomic E-state index is 12.1. The summed E-state index contributed by atoms with van der Waals surface area (Å²) in [6.07, 6.45) is 4.51. The second kappa shape index (κ2) is 6.73. The number of hydrogen-bond acceptors (Lipinski definition) is 2. The van der Waals surface area contributed by atoms with Gasteiger partial charge in [-0.3, -0.25) is 0 Å². The van der Waals surface area contributed by atoms with Crippen molar-refractivity contribution in [1.29, 1.82) is 0 Å². The van der Waals surface area contributed by atoms with Gasteiger partial charge in [-0.1, -0.05) is 36.4 Å². The normalized spacial score (nSPS) is 14.2. The van der Waals surface area contributed by atoms with Crippen molar-refractivity contribution in [3.05, 3.63) is 78.0 Å². The highest BCUT2D eigenvalue weighted by Gasteiger charge is 2.27. The maximum atomic E-state index is 12.1. The van der Waals surface area contributed by atoms with Crippen LogP contribution >= 0.6 is 0 Å². The van der Waals surface area contributed by atoms with Gasteiger partial charge in [0.15, 0.2) is 5.69 Å². The van der Waals surface area contributed by atoms with Crippen LogP contribution in [0.4, 0.5) is 16.2 Å². The molecule has 2 aromatic carbocycles. The quantitative estimate of drug-likeness (QED) is 0.697. The van der Waals surface area contributed by atoms with E-state index in [9.17, 15) is 4.79 Å². The van der Waals surface area contributed by atoms with Crippen molar-refractivity contribution in [3.8, 4) is 11.3 Å². The Morgan fingerprint density at radius 1 is 1.19 bits per heavy atom. The molecule has 0 fully saturated rings. The monoisotopic (exact) mass is 343 g/mol. The molecule has 1 unspecified atom stereocenters. The minimum Gasteiger partial charge on any atom is -0.338 e. The third-order valence-corrected chi connectivity index (χ3v) is 4.56. The van der Waals surface area contributed by atoms with Crippen LogP contribution in [0.25, 0.3) is 16.1 Å². The first-order chi connectivity index (χ1) is 12.8. The van der Waals surface area contributed by atoms with E-state index in [4.69, 9.17) is 6.57 Å². The number of carbonyl (C=O) groups is 1. The lowest BCUT2D eigenvalue weighted by atomic mass is 10.0. The Morgan fingerprint density at radius 2 is 2.00 bits per heavy atom. The summed E-state index contributed by atoms with van der Waals surface area (Å²) in [5.41, 5.74) is 4.81. The molecule has 3 aromatic rings. The van der Waals surface area contributed by atoms with Crippen molar-refractivity contribution in [3.63, 3.8) is 0 Å². The summed E-state index contributed by atoms with van der Waals surface area (Å²) < 4.78 is 2.16. The Morgan fingerprint density at radius 3 is 2.81 bits per heavy atom. The lowest BCUT2D eigenvalue weighted by molar-refractivity contribution is 0.251. The number of imidazole rings is 1. The molecule has 1 atom stereocenters. The first-order valence-corrected chi connectivity index (χ1v) is 8.40. The molecule has 0 spiro atoms. The Bertz CT molecular complexity index is 984. The summed E-state index contributed by atoms with van der Waals surface area (Å²) >= 11 is 0. The van der Waals surface area contributed by atoms with Crippen LogP contribution in [-0.2, 0) is 0 Å². The van der Waals surface area contributed by atoms with E-state index in [0.717, 1.165) is 12.1 Å². The first-order valence-electron chi connectivity index (χ1n) is 8.40. The topological polar surface area (TPSA) is 63.3 Å². The Hall–Kier alpha value is -3.59. The van der Waals surface area contributed by atoms with Crippen LogP contribution < -0.4 is 10.6 Å². The molecule has 1 aliphatic rings. The molecular formula is C20H17N5O. The molecule has 0 aliphatic carbocycles. The van der Waals surface area contributed by atoms with E-state index in [0.29, 0.717) is 17.9 Å². The standard InChI is InChI=1S/C20H17N5O/c1-21-14-6-8-15(9-7-14)24-20(26)23-11-10-18-16-4-2-3-5-17(16)19-12-22-13-25(18)19/h2-9,12-13,18H,10-11H2,(H2,23,24,26). The molecule has 0 bridgehead atoms. The lowest BCUT2D eigenvalue weighted by Gasteiger charge is -2.15. The maximum Gasteiger partial charge on any atom is 0.319 e. The number of anilines is 1. The van der Waals surface area contributed by atoms with E-state index in [-0.39, 0.29) is 12.1 Å². The number of carbonyl (C=O) groups excluding carboxylic acids is 1. The molecule has 26 heavy (non-hydrogen) atoms. The lowest BCUT2D eigenvalue weighted by Crippen LogP contribution is -2.30. The number of nitrogens with zero attached hydrogens (tertiary/aromatic N) is 3. The number of nitrogens with one attached hydrogen (secondary N) is 2. The smallest absolute Gasteiger partial charge is 0.319 e. The zero-order valence-corrected chi connectivity index (χ0v) is 14.0. The molecule has 0 radical (unpaired) electrons. The van der Waals surface area contributed by atoms with E-state index < -0.39 is 0 Å². The highest BCUT2D eigenvalue weighted by molar-refractivity contribution is 5.89. The fourth-order valence-electron chi connectivity index (χ4n) is 3.34. The molecule has 1 aromatic heterocycles. The van der Waals surface area contributed by atoms with Gasteiger partial charge in [0.2, 0.25) is 0 Å². The van der Waals surface area contributed by atoms with Gasteiger partial charge in [0.25, 0.3) is 0 Å². The van der Waals surface area contributed by atoms with Crippen molar-refractivity contribution in [2.45, 2.75) is 12.5 Å². The molecular weight excluding hydrogens is 326 g/mol. The van der Waals surface area contributed by atoms with Crippen molar-refractivity contribution in [1.82, 2.24) is 14.9 Å². The van der Waals surface area contributed by atoms with Crippen molar-refractivity contribution < 1.29 is 4.79 Å². The summed E-state index contributed by atoms with van der Waals surface area (Å²) in [4.78, 5) is 19.7. The Balaban J connectivity index is 1.36. The molecule has 4 rings (SSSR count). The number of urea groups is 1. The number of rotatable bonds is 4. The summed E-state index contributed by atoms with van der Waals surface area (Å²) in [6, 6.07) is 15.0. The van der Waals surface area contributed by atoms with Crippen molar-refractivity contribution >= 4 is 17.4 Å². The predicted molar refractivity (Wildman–Crippen MR) is 100 cm³/mol. The van der Waals surface area contributed by atoms with Gasteiger partial charge in [-0.2, -0.15) is 0 Å². The van der Waals surface area contributed by atoms with Gasteiger partial charge in [-0.25, -0.2) is 14.6 Å². The molecule has 1 aliphatic heterocycles. The molecule has 2 amide bonds. The van der Waals surface area contributed by atoms with Gasteiger partial charge in [0, 0.05) is 17.8 Å². The number of benzene rings is 2. The highest BCUT2D eigenvalue weighted by atomic mass is 16.2. The largest absolute Gasteiger partial charge is 0.338 e. The predicted octanol–water partition coefficient (Wildman–Crippen LogP) is 4.22. The van der Waals surface area contributed by atoms with Gasteiger partial charge in [0.1, 0.15) is 0 Å². The summed E-state index contributed by atoms with van der Waals surface area (Å²) in [6.45, 7) is 7.48. The zero-order chi connectivity index (χ0) is 17.9. The van der Waals surface area contributed by atoms with E-state index in [1.165, 1.54) is 11.1 Å². The molecule has 6 nitrogen and oxygen atoms in total.